The first-order chi connectivity index (χ1) is 10.2. The van der Waals surface area contributed by atoms with Crippen LogP contribution in [0.1, 0.15) is 55.4 Å². The van der Waals surface area contributed by atoms with Crippen LogP contribution in [0.15, 0.2) is 30.3 Å². The lowest BCUT2D eigenvalue weighted by molar-refractivity contribution is 0.0767. The van der Waals surface area contributed by atoms with Gasteiger partial charge in [0.15, 0.2) is 0 Å². The fourth-order valence-electron chi connectivity index (χ4n) is 4.38. The van der Waals surface area contributed by atoms with E-state index in [0.717, 1.165) is 24.3 Å². The van der Waals surface area contributed by atoms with E-state index < -0.39 is 0 Å². The number of rotatable bonds is 2. The van der Waals surface area contributed by atoms with Crippen LogP contribution in [0, 0.1) is 11.8 Å². The number of aryl methyl sites for hydroxylation is 2. The van der Waals surface area contributed by atoms with E-state index in [0.29, 0.717) is 5.92 Å². The van der Waals surface area contributed by atoms with Crippen molar-refractivity contribution < 1.29 is 5.11 Å². The summed E-state index contributed by atoms with van der Waals surface area (Å²) in [5.74, 6) is 1.28. The molecule has 0 saturated heterocycles. The first kappa shape index (κ1) is 13.3. The third-order valence-electron chi connectivity index (χ3n) is 5.74. The van der Waals surface area contributed by atoms with Crippen molar-refractivity contribution in [2.24, 2.45) is 11.8 Å². The standard InChI is InChI=1S/C20H24O/c1-13-5-7-16(8-6-13)20(21)18-12-11-15-10-9-14-3-2-4-17(18)19(14)15/h2-4,11-13,16,20-21H,5-10H2,1H3. The maximum Gasteiger partial charge on any atom is 0.0824 e. The monoisotopic (exact) mass is 280 g/mol. The Morgan fingerprint density at radius 2 is 1.67 bits per heavy atom. The Kier molecular flexibility index (Phi) is 3.26. The zero-order chi connectivity index (χ0) is 14.4. The molecule has 0 aromatic heterocycles. The Morgan fingerprint density at radius 3 is 2.43 bits per heavy atom. The van der Waals surface area contributed by atoms with Gasteiger partial charge in [0.1, 0.15) is 0 Å². The summed E-state index contributed by atoms with van der Waals surface area (Å²) in [5, 5.41) is 13.7. The van der Waals surface area contributed by atoms with Crippen LogP contribution >= 0.6 is 0 Å². The lowest BCUT2D eigenvalue weighted by Gasteiger charge is -2.30. The van der Waals surface area contributed by atoms with Crippen LogP contribution in [-0.4, -0.2) is 5.11 Å². The van der Waals surface area contributed by atoms with Gasteiger partial charge in [0, 0.05) is 0 Å². The molecule has 1 unspecified atom stereocenters. The van der Waals surface area contributed by atoms with Gasteiger partial charge in [-0.1, -0.05) is 50.1 Å². The molecular formula is C20H24O. The maximum absolute atomic E-state index is 10.9. The highest BCUT2D eigenvalue weighted by atomic mass is 16.3. The van der Waals surface area contributed by atoms with Gasteiger partial charge in [-0.2, -0.15) is 0 Å². The fourth-order valence-corrected chi connectivity index (χ4v) is 4.38. The average molecular weight is 280 g/mol. The van der Waals surface area contributed by atoms with Crippen LogP contribution in [-0.2, 0) is 12.8 Å². The highest BCUT2D eigenvalue weighted by Crippen LogP contribution is 2.41. The van der Waals surface area contributed by atoms with Gasteiger partial charge in [-0.05, 0) is 65.0 Å². The topological polar surface area (TPSA) is 20.2 Å². The summed E-state index contributed by atoms with van der Waals surface area (Å²) in [4.78, 5) is 0. The van der Waals surface area contributed by atoms with Crippen LogP contribution in [0.4, 0.5) is 0 Å². The zero-order valence-electron chi connectivity index (χ0n) is 12.8. The molecule has 1 N–H and O–H groups in total. The van der Waals surface area contributed by atoms with Crippen molar-refractivity contribution in [3.8, 4) is 0 Å². The van der Waals surface area contributed by atoms with Crippen molar-refractivity contribution in [1.29, 1.82) is 0 Å². The Bertz CT molecular complexity index is 655. The van der Waals surface area contributed by atoms with E-state index >= 15 is 0 Å². The predicted octanol–water partition coefficient (Wildman–Crippen LogP) is 4.80. The average Bonchev–Trinajstić information content (AvgIpc) is 2.93. The minimum atomic E-state index is -0.289. The summed E-state index contributed by atoms with van der Waals surface area (Å²) < 4.78 is 0. The van der Waals surface area contributed by atoms with Crippen molar-refractivity contribution in [3.05, 3.63) is 47.0 Å². The smallest absolute Gasteiger partial charge is 0.0824 e. The molecule has 2 aromatic carbocycles. The lowest BCUT2D eigenvalue weighted by atomic mass is 9.77. The molecular weight excluding hydrogens is 256 g/mol. The van der Waals surface area contributed by atoms with E-state index in [-0.39, 0.29) is 6.10 Å². The van der Waals surface area contributed by atoms with E-state index in [9.17, 15) is 5.11 Å². The molecule has 2 aromatic rings. The molecule has 1 saturated carbocycles. The van der Waals surface area contributed by atoms with Gasteiger partial charge in [-0.25, -0.2) is 0 Å². The van der Waals surface area contributed by atoms with Crippen molar-refractivity contribution in [2.75, 3.05) is 0 Å². The number of hydrogen-bond acceptors (Lipinski definition) is 1. The van der Waals surface area contributed by atoms with Crippen molar-refractivity contribution in [2.45, 2.75) is 51.6 Å². The van der Waals surface area contributed by atoms with E-state index in [1.165, 1.54) is 47.6 Å². The van der Waals surface area contributed by atoms with E-state index in [4.69, 9.17) is 0 Å². The van der Waals surface area contributed by atoms with E-state index in [1.807, 2.05) is 0 Å². The Balaban J connectivity index is 1.74. The molecule has 0 aliphatic heterocycles. The van der Waals surface area contributed by atoms with Crippen molar-refractivity contribution in [1.82, 2.24) is 0 Å². The van der Waals surface area contributed by atoms with Crippen LogP contribution < -0.4 is 0 Å². The molecule has 21 heavy (non-hydrogen) atoms. The first-order valence-electron chi connectivity index (χ1n) is 8.45. The second-order valence-electron chi connectivity index (χ2n) is 7.12. The Labute approximate surface area is 127 Å². The fraction of sp³-hybridized carbons (Fsp3) is 0.500. The molecule has 1 atom stereocenters. The summed E-state index contributed by atoms with van der Waals surface area (Å²) in [6, 6.07) is 11.1. The van der Waals surface area contributed by atoms with Gasteiger partial charge >= 0.3 is 0 Å². The van der Waals surface area contributed by atoms with Gasteiger partial charge in [-0.15, -0.1) is 0 Å². The molecule has 1 heteroatoms. The molecule has 110 valence electrons. The summed E-state index contributed by atoms with van der Waals surface area (Å²) in [6.07, 6.45) is 6.91. The summed E-state index contributed by atoms with van der Waals surface area (Å²) in [6.45, 7) is 2.33. The minimum absolute atomic E-state index is 0.289. The lowest BCUT2D eigenvalue weighted by Crippen LogP contribution is -2.19. The molecule has 0 heterocycles. The molecule has 1 nitrogen and oxygen atoms in total. The molecule has 1 fully saturated rings. The first-order valence-corrected chi connectivity index (χ1v) is 8.45. The maximum atomic E-state index is 10.9. The van der Waals surface area contributed by atoms with Crippen LogP contribution in [0.25, 0.3) is 10.8 Å². The largest absolute Gasteiger partial charge is 0.388 e. The van der Waals surface area contributed by atoms with Crippen LogP contribution in [0.2, 0.25) is 0 Å². The minimum Gasteiger partial charge on any atom is -0.388 e. The molecule has 4 rings (SSSR count). The van der Waals surface area contributed by atoms with E-state index in [1.54, 1.807) is 0 Å². The van der Waals surface area contributed by atoms with Crippen LogP contribution in [0.5, 0.6) is 0 Å². The van der Waals surface area contributed by atoms with Crippen molar-refractivity contribution in [3.63, 3.8) is 0 Å². The van der Waals surface area contributed by atoms with Crippen molar-refractivity contribution >= 4 is 10.8 Å². The normalized spacial score (nSPS) is 26.2. The molecule has 2 aliphatic carbocycles. The van der Waals surface area contributed by atoms with Gasteiger partial charge in [-0.3, -0.25) is 0 Å². The molecule has 0 spiro atoms. The zero-order valence-corrected chi connectivity index (χ0v) is 12.8. The van der Waals surface area contributed by atoms with Gasteiger partial charge in [0.25, 0.3) is 0 Å². The third-order valence-corrected chi connectivity index (χ3v) is 5.74. The SMILES string of the molecule is CC1CCC(C(O)c2ccc3c4c(cccc24)CC3)CC1. The molecule has 0 amide bonds. The second-order valence-corrected chi connectivity index (χ2v) is 7.12. The number of aliphatic hydroxyl groups excluding tert-OH is 1. The molecule has 0 bridgehead atoms. The quantitative estimate of drug-likeness (QED) is 0.838. The van der Waals surface area contributed by atoms with Crippen LogP contribution in [0.3, 0.4) is 0 Å². The molecule has 0 radical (unpaired) electrons. The second kappa shape index (κ2) is 5.14. The Morgan fingerprint density at radius 1 is 0.952 bits per heavy atom. The van der Waals surface area contributed by atoms with E-state index in [2.05, 4.69) is 37.3 Å². The summed E-state index contributed by atoms with van der Waals surface area (Å²) in [7, 11) is 0. The van der Waals surface area contributed by atoms with Gasteiger partial charge in [0.2, 0.25) is 0 Å². The Hall–Kier alpha value is -1.34. The van der Waals surface area contributed by atoms with Gasteiger partial charge in [0.05, 0.1) is 6.10 Å². The summed E-state index contributed by atoms with van der Waals surface area (Å²) in [5.41, 5.74) is 4.10. The number of aliphatic hydroxyl groups is 1. The third kappa shape index (κ3) is 2.19. The van der Waals surface area contributed by atoms with Gasteiger partial charge < -0.3 is 5.11 Å². The highest BCUT2D eigenvalue weighted by Gasteiger charge is 2.27. The number of hydrogen-bond donors (Lipinski definition) is 1. The molecule has 2 aliphatic rings. The number of benzene rings is 2. The summed E-state index contributed by atoms with van der Waals surface area (Å²) >= 11 is 0. The highest BCUT2D eigenvalue weighted by molar-refractivity contribution is 5.93. The predicted molar refractivity (Wildman–Crippen MR) is 87.4 cm³/mol.